The maximum Gasteiger partial charge on any atom is 0.236 e. The van der Waals surface area contributed by atoms with Crippen molar-refractivity contribution < 1.29 is 14.4 Å². The van der Waals surface area contributed by atoms with Crippen LogP contribution in [0.4, 0.5) is 11.6 Å². The number of hydrogen-bond donors (Lipinski definition) is 3. The summed E-state index contributed by atoms with van der Waals surface area (Å²) in [5, 5.41) is 13.7. The van der Waals surface area contributed by atoms with E-state index in [9.17, 15) is 14.4 Å². The van der Waals surface area contributed by atoms with Gasteiger partial charge in [0.1, 0.15) is 0 Å². The van der Waals surface area contributed by atoms with Crippen LogP contribution in [-0.2, 0) is 27.3 Å². The molecule has 12 heteroatoms. The molecule has 0 aliphatic carbocycles. The monoisotopic (exact) mass is 611 g/mol. The van der Waals surface area contributed by atoms with Gasteiger partial charge >= 0.3 is 0 Å². The zero-order valence-corrected chi connectivity index (χ0v) is 25.6. The van der Waals surface area contributed by atoms with E-state index in [-0.39, 0.29) is 29.7 Å². The number of nitrogens with zero attached hydrogens (tertiary/aromatic N) is 6. The molecule has 12 nitrogen and oxygen atoms in total. The molecule has 4 aliphatic heterocycles. The number of carbonyl (C=O) groups is 3. The Morgan fingerprint density at radius 2 is 1.71 bits per heavy atom. The summed E-state index contributed by atoms with van der Waals surface area (Å²) in [4.78, 5) is 50.3. The molecule has 236 valence electrons. The molecule has 1 aromatic carbocycles. The summed E-state index contributed by atoms with van der Waals surface area (Å²) in [5.74, 6) is 0.620. The van der Waals surface area contributed by atoms with Gasteiger partial charge in [-0.2, -0.15) is 5.10 Å². The molecule has 7 rings (SSSR count). The van der Waals surface area contributed by atoms with E-state index in [1.165, 1.54) is 11.1 Å². The number of fused-ring (bicyclic) bond motifs is 1. The van der Waals surface area contributed by atoms with Gasteiger partial charge in [-0.25, -0.2) is 9.97 Å². The molecule has 45 heavy (non-hydrogen) atoms. The highest BCUT2D eigenvalue weighted by Crippen LogP contribution is 2.31. The van der Waals surface area contributed by atoms with Gasteiger partial charge in [0.2, 0.25) is 23.7 Å². The highest BCUT2D eigenvalue weighted by molar-refractivity contribution is 6.00. The first-order valence-corrected chi connectivity index (χ1v) is 16.3. The Balaban J connectivity index is 0.847. The van der Waals surface area contributed by atoms with Crippen LogP contribution in [0.1, 0.15) is 78.8 Å². The van der Waals surface area contributed by atoms with Crippen molar-refractivity contribution in [1.29, 1.82) is 0 Å². The number of aromatic nitrogens is 4. The maximum absolute atomic E-state index is 13.2. The average molecular weight is 612 g/mol. The van der Waals surface area contributed by atoms with Crippen molar-refractivity contribution in [3.05, 3.63) is 65.2 Å². The van der Waals surface area contributed by atoms with Crippen molar-refractivity contribution in [1.82, 2.24) is 40.2 Å². The lowest BCUT2D eigenvalue weighted by Crippen LogP contribution is -2.46. The lowest BCUT2D eigenvalue weighted by atomic mass is 9.86. The second kappa shape index (κ2) is 13.1. The molecule has 6 heterocycles. The molecule has 0 saturated carbocycles. The molecule has 1 atom stereocenters. The van der Waals surface area contributed by atoms with Gasteiger partial charge in [0.05, 0.1) is 36.1 Å². The van der Waals surface area contributed by atoms with Crippen LogP contribution in [-0.4, -0.2) is 86.5 Å². The standard InChI is InChI=1S/C33H41N9O3/c43-30-6-5-28(32(45)39-30)24-3-1-22(2-4-24)23-8-13-40(14-9-23)21-31(44)41-15-10-27(11-16-41)42-20-26(18-36-42)37-33-35-17-25-7-12-34-19-29(25)38-33/h1-4,17-18,20,23,27-28,34H,5-16,19,21H2,(H,35,37,38)(H,39,43,45). The number of imide groups is 1. The van der Waals surface area contributed by atoms with Crippen molar-refractivity contribution in [3.8, 4) is 0 Å². The number of hydrogen-bond acceptors (Lipinski definition) is 9. The summed E-state index contributed by atoms with van der Waals surface area (Å²) in [7, 11) is 0. The molecule has 3 amide bonds. The lowest BCUT2D eigenvalue weighted by molar-refractivity contribution is -0.135. The van der Waals surface area contributed by atoms with E-state index in [2.05, 4.69) is 48.0 Å². The molecule has 3 aromatic rings. The molecule has 0 radical (unpaired) electrons. The second-order valence-corrected chi connectivity index (χ2v) is 12.8. The van der Waals surface area contributed by atoms with E-state index in [0.717, 1.165) is 88.3 Å². The summed E-state index contributed by atoms with van der Waals surface area (Å²) in [6.45, 7) is 5.48. The van der Waals surface area contributed by atoms with E-state index < -0.39 is 0 Å². The minimum atomic E-state index is -0.248. The third-order valence-corrected chi connectivity index (χ3v) is 9.86. The van der Waals surface area contributed by atoms with E-state index >= 15 is 0 Å². The van der Waals surface area contributed by atoms with Crippen LogP contribution < -0.4 is 16.0 Å². The molecule has 0 bridgehead atoms. The molecule has 4 aliphatic rings. The van der Waals surface area contributed by atoms with Crippen molar-refractivity contribution in [2.24, 2.45) is 0 Å². The minimum Gasteiger partial charge on any atom is -0.341 e. The van der Waals surface area contributed by atoms with Crippen LogP contribution in [0.2, 0.25) is 0 Å². The molecule has 3 fully saturated rings. The number of benzene rings is 1. The Labute approximate surface area is 263 Å². The van der Waals surface area contributed by atoms with Gasteiger partial charge in [-0.15, -0.1) is 0 Å². The molecular weight excluding hydrogens is 570 g/mol. The summed E-state index contributed by atoms with van der Waals surface area (Å²) in [6.07, 6.45) is 11.4. The number of nitrogens with one attached hydrogen (secondary N) is 3. The highest BCUT2D eigenvalue weighted by Gasteiger charge is 2.30. The van der Waals surface area contributed by atoms with Crippen LogP contribution in [0.5, 0.6) is 0 Å². The predicted octanol–water partition coefficient (Wildman–Crippen LogP) is 2.63. The molecule has 0 spiro atoms. The number of carbonyl (C=O) groups excluding carboxylic acids is 3. The third kappa shape index (κ3) is 6.76. The Kier molecular flexibility index (Phi) is 8.57. The zero-order chi connectivity index (χ0) is 30.8. The van der Waals surface area contributed by atoms with Gasteiger partial charge in [0.15, 0.2) is 0 Å². The first kappa shape index (κ1) is 29.5. The first-order chi connectivity index (χ1) is 22.0. The van der Waals surface area contributed by atoms with E-state index in [4.69, 9.17) is 0 Å². The third-order valence-electron chi connectivity index (χ3n) is 9.86. The van der Waals surface area contributed by atoms with Crippen molar-refractivity contribution in [3.63, 3.8) is 0 Å². The second-order valence-electron chi connectivity index (χ2n) is 12.8. The Morgan fingerprint density at radius 3 is 2.49 bits per heavy atom. The fourth-order valence-corrected chi connectivity index (χ4v) is 7.13. The smallest absolute Gasteiger partial charge is 0.236 e. The van der Waals surface area contributed by atoms with Crippen molar-refractivity contribution in [2.45, 2.75) is 69.4 Å². The normalized spacial score (nSPS) is 21.8. The number of anilines is 2. The van der Waals surface area contributed by atoms with Gasteiger partial charge in [-0.05, 0) is 80.8 Å². The number of rotatable bonds is 7. The Morgan fingerprint density at radius 1 is 0.933 bits per heavy atom. The molecular formula is C33H41N9O3. The fraction of sp³-hybridized carbons (Fsp3) is 0.515. The van der Waals surface area contributed by atoms with Gasteiger partial charge in [0, 0.05) is 38.4 Å². The molecule has 2 aromatic heterocycles. The van der Waals surface area contributed by atoms with Crippen LogP contribution in [0.3, 0.4) is 0 Å². The SMILES string of the molecule is O=C1CCC(c2ccc(C3CCN(CC(=O)N4CCC(n5cc(Nc6ncc7c(n6)CNCC7)cn5)CC4)CC3)cc2)C(=O)N1. The van der Waals surface area contributed by atoms with E-state index in [0.29, 0.717) is 31.3 Å². The molecule has 3 N–H and O–H groups in total. The van der Waals surface area contributed by atoms with Crippen LogP contribution in [0.25, 0.3) is 0 Å². The number of amides is 3. The van der Waals surface area contributed by atoms with Crippen molar-refractivity contribution >= 4 is 29.4 Å². The quantitative estimate of drug-likeness (QED) is 0.344. The first-order valence-electron chi connectivity index (χ1n) is 16.3. The lowest BCUT2D eigenvalue weighted by Gasteiger charge is -2.36. The topological polar surface area (TPSA) is 137 Å². The predicted molar refractivity (Wildman–Crippen MR) is 168 cm³/mol. The number of likely N-dealkylation sites (tertiary alicyclic amines) is 2. The van der Waals surface area contributed by atoms with E-state index in [1.54, 1.807) is 0 Å². The van der Waals surface area contributed by atoms with Gasteiger partial charge in [-0.3, -0.25) is 29.3 Å². The summed E-state index contributed by atoms with van der Waals surface area (Å²) in [5.41, 5.74) is 5.37. The summed E-state index contributed by atoms with van der Waals surface area (Å²) in [6, 6.07) is 8.60. The summed E-state index contributed by atoms with van der Waals surface area (Å²) >= 11 is 0. The van der Waals surface area contributed by atoms with E-state index in [1.807, 2.05) is 40.3 Å². The average Bonchev–Trinajstić information content (AvgIpc) is 3.54. The summed E-state index contributed by atoms with van der Waals surface area (Å²) < 4.78 is 2.01. The minimum absolute atomic E-state index is 0.185. The fourth-order valence-electron chi connectivity index (χ4n) is 7.13. The van der Waals surface area contributed by atoms with Gasteiger partial charge in [0.25, 0.3) is 0 Å². The van der Waals surface area contributed by atoms with Crippen LogP contribution in [0, 0.1) is 0 Å². The van der Waals surface area contributed by atoms with Crippen LogP contribution >= 0.6 is 0 Å². The Bertz CT molecular complexity index is 1540. The maximum atomic E-state index is 13.2. The van der Waals surface area contributed by atoms with Gasteiger partial charge in [-0.1, -0.05) is 24.3 Å². The highest BCUT2D eigenvalue weighted by atomic mass is 16.2. The zero-order valence-electron chi connectivity index (χ0n) is 25.6. The molecule has 1 unspecified atom stereocenters. The van der Waals surface area contributed by atoms with Gasteiger partial charge < -0.3 is 15.5 Å². The Hall–Kier alpha value is -4.16. The molecule has 3 saturated heterocycles. The van der Waals surface area contributed by atoms with Crippen molar-refractivity contribution in [2.75, 3.05) is 44.6 Å². The largest absolute Gasteiger partial charge is 0.341 e. The number of piperidine rings is 3. The van der Waals surface area contributed by atoms with Crippen LogP contribution in [0.15, 0.2) is 42.9 Å².